The van der Waals surface area contributed by atoms with Crippen LogP contribution < -0.4 is 4.74 Å². The molecule has 0 aliphatic rings. The summed E-state index contributed by atoms with van der Waals surface area (Å²) in [6.07, 6.45) is 0. The highest BCUT2D eigenvalue weighted by atomic mass is 19.1. The van der Waals surface area contributed by atoms with Gasteiger partial charge >= 0.3 is 5.97 Å². The van der Waals surface area contributed by atoms with Gasteiger partial charge in [0.1, 0.15) is 11.3 Å². The summed E-state index contributed by atoms with van der Waals surface area (Å²) >= 11 is 0. The van der Waals surface area contributed by atoms with Gasteiger partial charge in [0.2, 0.25) is 0 Å². The third-order valence-electron chi connectivity index (χ3n) is 2.46. The van der Waals surface area contributed by atoms with Crippen LogP contribution in [0, 0.1) is 15.9 Å². The molecule has 102 valence electrons. The van der Waals surface area contributed by atoms with E-state index in [0.717, 1.165) is 12.1 Å². The van der Waals surface area contributed by atoms with Crippen LogP contribution in [0.1, 0.15) is 10.4 Å². The zero-order valence-electron chi connectivity index (χ0n) is 9.95. The molecule has 0 spiro atoms. The lowest BCUT2D eigenvalue weighted by molar-refractivity contribution is -0.385. The van der Waals surface area contributed by atoms with Crippen LogP contribution in [0.15, 0.2) is 42.5 Å². The minimum absolute atomic E-state index is 0.0215. The summed E-state index contributed by atoms with van der Waals surface area (Å²) in [5.74, 6) is -2.18. The maximum atomic E-state index is 13.4. The molecule has 0 unspecified atom stereocenters. The summed E-state index contributed by atoms with van der Waals surface area (Å²) in [5, 5.41) is 19.6. The zero-order valence-corrected chi connectivity index (χ0v) is 9.95. The van der Waals surface area contributed by atoms with E-state index in [0.29, 0.717) is 0 Å². The van der Waals surface area contributed by atoms with Crippen molar-refractivity contribution >= 4 is 11.7 Å². The molecule has 0 radical (unpaired) electrons. The first-order valence-electron chi connectivity index (χ1n) is 5.43. The van der Waals surface area contributed by atoms with Gasteiger partial charge in [0.25, 0.3) is 5.69 Å². The second kappa shape index (κ2) is 5.35. The number of carboxylic acids is 1. The Morgan fingerprint density at radius 2 is 1.95 bits per heavy atom. The second-order valence-electron chi connectivity index (χ2n) is 3.77. The number of halogens is 1. The summed E-state index contributed by atoms with van der Waals surface area (Å²) < 4.78 is 18.6. The number of nitrogens with zero attached hydrogens (tertiary/aromatic N) is 1. The molecule has 7 heteroatoms. The number of hydrogen-bond donors (Lipinski definition) is 1. The van der Waals surface area contributed by atoms with Crippen LogP contribution >= 0.6 is 0 Å². The van der Waals surface area contributed by atoms with Crippen LogP contribution in [0.5, 0.6) is 11.5 Å². The Morgan fingerprint density at radius 1 is 1.25 bits per heavy atom. The standard InChI is InChI=1S/C13H8FNO5/c14-10-3-1-2-4-12(10)20-8-5-6-9(13(16)17)11(7-8)15(18)19/h1-7H,(H,16,17). The third-order valence-corrected chi connectivity index (χ3v) is 2.46. The molecule has 0 amide bonds. The van der Waals surface area contributed by atoms with Crippen LogP contribution in [0.25, 0.3) is 0 Å². The number of carbonyl (C=O) groups is 1. The smallest absolute Gasteiger partial charge is 0.342 e. The maximum Gasteiger partial charge on any atom is 0.342 e. The highest BCUT2D eigenvalue weighted by Crippen LogP contribution is 2.29. The first kappa shape index (κ1) is 13.5. The fourth-order valence-electron chi connectivity index (χ4n) is 1.56. The molecule has 2 rings (SSSR count). The Kier molecular flexibility index (Phi) is 3.60. The number of carboxylic acid groups (broad SMARTS) is 1. The number of benzene rings is 2. The Bertz CT molecular complexity index is 686. The van der Waals surface area contributed by atoms with E-state index in [-0.39, 0.29) is 11.5 Å². The zero-order chi connectivity index (χ0) is 14.7. The van der Waals surface area contributed by atoms with Crippen molar-refractivity contribution in [2.24, 2.45) is 0 Å². The SMILES string of the molecule is O=C(O)c1ccc(Oc2ccccc2F)cc1[N+](=O)[O-]. The van der Waals surface area contributed by atoms with Gasteiger partial charge in [0, 0.05) is 0 Å². The Hall–Kier alpha value is -2.96. The van der Waals surface area contributed by atoms with E-state index in [1.807, 2.05) is 0 Å². The van der Waals surface area contributed by atoms with Gasteiger partial charge in [-0.25, -0.2) is 9.18 Å². The molecule has 0 saturated heterocycles. The lowest BCUT2D eigenvalue weighted by atomic mass is 10.1. The van der Waals surface area contributed by atoms with Crippen LogP contribution in [0.4, 0.5) is 10.1 Å². The van der Waals surface area contributed by atoms with Crippen molar-refractivity contribution in [3.63, 3.8) is 0 Å². The van der Waals surface area contributed by atoms with Crippen LogP contribution in [0.3, 0.4) is 0 Å². The Balaban J connectivity index is 2.40. The highest BCUT2D eigenvalue weighted by Gasteiger charge is 2.21. The second-order valence-corrected chi connectivity index (χ2v) is 3.77. The van der Waals surface area contributed by atoms with Crippen LogP contribution in [0.2, 0.25) is 0 Å². The summed E-state index contributed by atoms with van der Waals surface area (Å²) in [5.41, 5.74) is -1.08. The summed E-state index contributed by atoms with van der Waals surface area (Å²) in [6, 6.07) is 8.74. The predicted molar refractivity (Wildman–Crippen MR) is 66.5 cm³/mol. The van der Waals surface area contributed by atoms with Gasteiger partial charge in [0.15, 0.2) is 11.6 Å². The average Bonchev–Trinajstić information content (AvgIpc) is 2.41. The van der Waals surface area contributed by atoms with Crippen molar-refractivity contribution in [2.75, 3.05) is 0 Å². The minimum atomic E-state index is -1.42. The molecular weight excluding hydrogens is 269 g/mol. The van der Waals surface area contributed by atoms with E-state index in [9.17, 15) is 19.3 Å². The first-order chi connectivity index (χ1) is 9.49. The van der Waals surface area contributed by atoms with Crippen molar-refractivity contribution in [3.8, 4) is 11.5 Å². The molecule has 0 atom stereocenters. The van der Waals surface area contributed by atoms with Gasteiger partial charge < -0.3 is 9.84 Å². The van der Waals surface area contributed by atoms with E-state index in [4.69, 9.17) is 9.84 Å². The van der Waals surface area contributed by atoms with Crippen LogP contribution in [-0.2, 0) is 0 Å². The number of hydrogen-bond acceptors (Lipinski definition) is 4. The van der Waals surface area contributed by atoms with Crippen molar-refractivity contribution in [2.45, 2.75) is 0 Å². The first-order valence-corrected chi connectivity index (χ1v) is 5.43. The maximum absolute atomic E-state index is 13.4. The number of para-hydroxylation sites is 1. The third kappa shape index (κ3) is 2.72. The molecule has 0 heterocycles. The fourth-order valence-corrected chi connectivity index (χ4v) is 1.56. The quantitative estimate of drug-likeness (QED) is 0.684. The lowest BCUT2D eigenvalue weighted by Crippen LogP contribution is -2.02. The van der Waals surface area contributed by atoms with Crippen LogP contribution in [-0.4, -0.2) is 16.0 Å². The predicted octanol–water partition coefficient (Wildman–Crippen LogP) is 3.22. The molecule has 6 nitrogen and oxygen atoms in total. The normalized spacial score (nSPS) is 10.1. The highest BCUT2D eigenvalue weighted by molar-refractivity contribution is 5.92. The molecule has 0 aliphatic carbocycles. The van der Waals surface area contributed by atoms with Gasteiger partial charge in [0.05, 0.1) is 11.0 Å². The molecule has 20 heavy (non-hydrogen) atoms. The topological polar surface area (TPSA) is 89.7 Å². The van der Waals surface area contributed by atoms with Crippen molar-refractivity contribution in [3.05, 3.63) is 64.0 Å². The van der Waals surface area contributed by atoms with E-state index in [2.05, 4.69) is 0 Å². The van der Waals surface area contributed by atoms with Crippen molar-refractivity contribution < 1.29 is 24.0 Å². The van der Waals surface area contributed by atoms with E-state index in [1.54, 1.807) is 6.07 Å². The van der Waals surface area contributed by atoms with Crippen molar-refractivity contribution in [1.82, 2.24) is 0 Å². The van der Waals surface area contributed by atoms with Gasteiger partial charge in [-0.1, -0.05) is 12.1 Å². The average molecular weight is 277 g/mol. The molecule has 1 N–H and O–H groups in total. The van der Waals surface area contributed by atoms with Gasteiger partial charge in [-0.15, -0.1) is 0 Å². The molecule has 0 fully saturated rings. The molecular formula is C13H8FNO5. The molecule has 0 bridgehead atoms. The number of nitro benzene ring substituents is 1. The Labute approximate surface area is 112 Å². The van der Waals surface area contributed by atoms with Gasteiger partial charge in [-0.05, 0) is 24.3 Å². The number of nitro groups is 1. The summed E-state index contributed by atoms with van der Waals surface area (Å²) in [6.45, 7) is 0. The fraction of sp³-hybridized carbons (Fsp3) is 0. The Morgan fingerprint density at radius 3 is 2.55 bits per heavy atom. The molecule has 2 aromatic rings. The van der Waals surface area contributed by atoms with E-state index < -0.39 is 28.0 Å². The van der Waals surface area contributed by atoms with Gasteiger partial charge in [-0.2, -0.15) is 0 Å². The number of rotatable bonds is 4. The monoisotopic (exact) mass is 277 g/mol. The number of ether oxygens (including phenoxy) is 1. The van der Waals surface area contributed by atoms with Crippen molar-refractivity contribution in [1.29, 1.82) is 0 Å². The molecule has 0 saturated carbocycles. The largest absolute Gasteiger partial charge is 0.477 e. The number of aromatic carboxylic acids is 1. The molecule has 0 aromatic heterocycles. The van der Waals surface area contributed by atoms with E-state index in [1.165, 1.54) is 24.3 Å². The minimum Gasteiger partial charge on any atom is -0.477 e. The van der Waals surface area contributed by atoms with Gasteiger partial charge in [-0.3, -0.25) is 10.1 Å². The summed E-state index contributed by atoms with van der Waals surface area (Å²) in [7, 11) is 0. The molecule has 0 aliphatic heterocycles. The summed E-state index contributed by atoms with van der Waals surface area (Å²) in [4.78, 5) is 20.8. The molecule has 2 aromatic carbocycles. The van der Waals surface area contributed by atoms with E-state index >= 15 is 0 Å². The lowest BCUT2D eigenvalue weighted by Gasteiger charge is -2.07.